The standard InChI is InChI=1S/C11H11IN2O/c1-2-15-11-9(12)10(13-14-11)8-6-4-3-5-7-8/h3-7H,2H2,1H3,(H,13,14). The molecule has 0 fully saturated rings. The third-order valence-electron chi connectivity index (χ3n) is 2.02. The number of hydrogen-bond acceptors (Lipinski definition) is 2. The zero-order valence-electron chi connectivity index (χ0n) is 8.33. The van der Waals surface area contributed by atoms with Crippen LogP contribution in [0.25, 0.3) is 11.3 Å². The molecular weight excluding hydrogens is 303 g/mol. The van der Waals surface area contributed by atoms with Crippen molar-refractivity contribution in [2.24, 2.45) is 0 Å². The van der Waals surface area contributed by atoms with Gasteiger partial charge in [-0.05, 0) is 29.5 Å². The lowest BCUT2D eigenvalue weighted by Gasteiger charge is -1.99. The van der Waals surface area contributed by atoms with Gasteiger partial charge in [-0.2, -0.15) is 0 Å². The molecule has 1 aromatic carbocycles. The van der Waals surface area contributed by atoms with E-state index in [1.807, 2.05) is 37.3 Å². The number of benzene rings is 1. The lowest BCUT2D eigenvalue weighted by atomic mass is 10.2. The minimum absolute atomic E-state index is 0.634. The normalized spacial score (nSPS) is 10.3. The highest BCUT2D eigenvalue weighted by atomic mass is 127. The van der Waals surface area contributed by atoms with E-state index < -0.39 is 0 Å². The Morgan fingerprint density at radius 1 is 1.33 bits per heavy atom. The fourth-order valence-electron chi connectivity index (χ4n) is 1.34. The summed E-state index contributed by atoms with van der Waals surface area (Å²) >= 11 is 2.24. The van der Waals surface area contributed by atoms with Crippen LogP contribution in [0.5, 0.6) is 5.88 Å². The molecule has 15 heavy (non-hydrogen) atoms. The van der Waals surface area contributed by atoms with Crippen LogP contribution < -0.4 is 4.74 Å². The number of nitrogens with one attached hydrogen (secondary N) is 1. The fraction of sp³-hybridized carbons (Fsp3) is 0.182. The molecule has 78 valence electrons. The number of hydrogen-bond donors (Lipinski definition) is 1. The predicted molar refractivity (Wildman–Crippen MR) is 67.9 cm³/mol. The molecule has 0 radical (unpaired) electrons. The van der Waals surface area contributed by atoms with Crippen LogP contribution in [0, 0.1) is 3.57 Å². The molecule has 2 rings (SSSR count). The van der Waals surface area contributed by atoms with Crippen molar-refractivity contribution in [3.05, 3.63) is 33.9 Å². The van der Waals surface area contributed by atoms with Crippen molar-refractivity contribution in [2.75, 3.05) is 6.61 Å². The highest BCUT2D eigenvalue weighted by molar-refractivity contribution is 14.1. The van der Waals surface area contributed by atoms with E-state index in [1.165, 1.54) is 0 Å². The minimum Gasteiger partial charge on any atom is -0.476 e. The second kappa shape index (κ2) is 4.65. The fourth-order valence-corrected chi connectivity index (χ4v) is 2.05. The molecule has 0 aliphatic carbocycles. The quantitative estimate of drug-likeness (QED) is 0.884. The molecule has 0 aliphatic heterocycles. The molecule has 3 nitrogen and oxygen atoms in total. The van der Waals surface area contributed by atoms with Crippen LogP contribution in [0.2, 0.25) is 0 Å². The van der Waals surface area contributed by atoms with Gasteiger partial charge in [-0.3, -0.25) is 5.10 Å². The summed E-state index contributed by atoms with van der Waals surface area (Å²) in [7, 11) is 0. The van der Waals surface area contributed by atoms with Crippen LogP contribution in [0.1, 0.15) is 6.92 Å². The molecule has 0 bridgehead atoms. The molecule has 2 aromatic rings. The van der Waals surface area contributed by atoms with Crippen molar-refractivity contribution >= 4 is 22.6 Å². The van der Waals surface area contributed by atoms with E-state index in [2.05, 4.69) is 32.8 Å². The van der Waals surface area contributed by atoms with Gasteiger partial charge in [0, 0.05) is 5.56 Å². The number of H-pyrrole nitrogens is 1. The van der Waals surface area contributed by atoms with Crippen LogP contribution in [-0.2, 0) is 0 Å². The predicted octanol–water partition coefficient (Wildman–Crippen LogP) is 3.08. The van der Waals surface area contributed by atoms with E-state index in [-0.39, 0.29) is 0 Å². The first-order chi connectivity index (χ1) is 7.33. The Hall–Kier alpha value is -1.04. The molecule has 0 spiro atoms. The highest BCUT2D eigenvalue weighted by Crippen LogP contribution is 2.29. The molecule has 0 saturated heterocycles. The molecule has 0 atom stereocenters. The summed E-state index contributed by atoms with van der Waals surface area (Å²) < 4.78 is 6.42. The smallest absolute Gasteiger partial charge is 0.246 e. The van der Waals surface area contributed by atoms with Crippen LogP contribution in [0.3, 0.4) is 0 Å². The first-order valence-electron chi connectivity index (χ1n) is 4.75. The average Bonchev–Trinajstić information content (AvgIpc) is 2.63. The van der Waals surface area contributed by atoms with Gasteiger partial charge >= 0.3 is 0 Å². The second-order valence-electron chi connectivity index (χ2n) is 3.02. The molecule has 0 aliphatic rings. The average molecular weight is 314 g/mol. The van der Waals surface area contributed by atoms with E-state index in [9.17, 15) is 0 Å². The van der Waals surface area contributed by atoms with Gasteiger partial charge in [-0.1, -0.05) is 30.3 Å². The number of ether oxygens (including phenoxy) is 1. The Kier molecular flexibility index (Phi) is 3.25. The molecule has 1 N–H and O–H groups in total. The lowest BCUT2D eigenvalue weighted by molar-refractivity contribution is 0.324. The van der Waals surface area contributed by atoms with Gasteiger partial charge in [0.15, 0.2) is 0 Å². The number of halogens is 1. The summed E-state index contributed by atoms with van der Waals surface area (Å²) in [5.41, 5.74) is 2.14. The van der Waals surface area contributed by atoms with Gasteiger partial charge in [-0.25, -0.2) is 0 Å². The van der Waals surface area contributed by atoms with Crippen LogP contribution >= 0.6 is 22.6 Å². The van der Waals surface area contributed by atoms with Crippen molar-refractivity contribution in [3.8, 4) is 17.1 Å². The Morgan fingerprint density at radius 3 is 2.73 bits per heavy atom. The summed E-state index contributed by atoms with van der Waals surface area (Å²) in [5.74, 6) is 0.678. The SMILES string of the molecule is CCOc1n[nH]c(-c2ccccc2)c1I. The number of rotatable bonds is 3. The van der Waals surface area contributed by atoms with E-state index in [4.69, 9.17) is 4.74 Å². The molecule has 4 heteroatoms. The molecule has 1 heterocycles. The van der Waals surface area contributed by atoms with E-state index >= 15 is 0 Å². The highest BCUT2D eigenvalue weighted by Gasteiger charge is 2.12. The number of nitrogens with zero attached hydrogens (tertiary/aromatic N) is 1. The van der Waals surface area contributed by atoms with Gasteiger partial charge in [0.1, 0.15) is 3.57 Å². The Bertz CT molecular complexity index is 439. The third-order valence-corrected chi connectivity index (χ3v) is 3.02. The largest absolute Gasteiger partial charge is 0.476 e. The molecule has 0 amide bonds. The summed E-state index contributed by atoms with van der Waals surface area (Å²) in [6, 6.07) is 10.1. The first-order valence-corrected chi connectivity index (χ1v) is 5.83. The van der Waals surface area contributed by atoms with Crippen LogP contribution in [0.15, 0.2) is 30.3 Å². The Morgan fingerprint density at radius 2 is 2.07 bits per heavy atom. The van der Waals surface area contributed by atoms with Gasteiger partial charge in [0.05, 0.1) is 12.3 Å². The molecule has 0 unspecified atom stereocenters. The summed E-state index contributed by atoms with van der Waals surface area (Å²) in [6.07, 6.45) is 0. The maximum absolute atomic E-state index is 5.39. The number of aromatic amines is 1. The third kappa shape index (κ3) is 2.14. The van der Waals surface area contributed by atoms with E-state index in [1.54, 1.807) is 0 Å². The minimum atomic E-state index is 0.634. The van der Waals surface area contributed by atoms with E-state index in [0.29, 0.717) is 12.5 Å². The maximum atomic E-state index is 5.39. The molecule has 0 saturated carbocycles. The summed E-state index contributed by atoms with van der Waals surface area (Å²) in [5, 5.41) is 7.12. The Labute approximate surface area is 102 Å². The Balaban J connectivity index is 2.38. The second-order valence-corrected chi connectivity index (χ2v) is 4.10. The van der Waals surface area contributed by atoms with Gasteiger partial charge in [-0.15, -0.1) is 5.10 Å². The van der Waals surface area contributed by atoms with Gasteiger partial charge in [0.2, 0.25) is 5.88 Å². The zero-order valence-corrected chi connectivity index (χ0v) is 10.5. The number of aromatic nitrogens is 2. The lowest BCUT2D eigenvalue weighted by Crippen LogP contribution is -1.92. The van der Waals surface area contributed by atoms with Gasteiger partial charge < -0.3 is 4.74 Å². The summed E-state index contributed by atoms with van der Waals surface area (Å²) in [6.45, 7) is 2.59. The van der Waals surface area contributed by atoms with Crippen molar-refractivity contribution < 1.29 is 4.74 Å². The summed E-state index contributed by atoms with van der Waals surface area (Å²) in [4.78, 5) is 0. The van der Waals surface area contributed by atoms with Crippen molar-refractivity contribution in [3.63, 3.8) is 0 Å². The zero-order chi connectivity index (χ0) is 10.7. The van der Waals surface area contributed by atoms with Crippen LogP contribution in [0.4, 0.5) is 0 Å². The molecule has 1 aromatic heterocycles. The molecular formula is C11H11IN2O. The van der Waals surface area contributed by atoms with Crippen LogP contribution in [-0.4, -0.2) is 16.8 Å². The monoisotopic (exact) mass is 314 g/mol. The topological polar surface area (TPSA) is 37.9 Å². The first kappa shape index (κ1) is 10.5. The maximum Gasteiger partial charge on any atom is 0.246 e. The van der Waals surface area contributed by atoms with Crippen molar-refractivity contribution in [2.45, 2.75) is 6.92 Å². The van der Waals surface area contributed by atoms with E-state index in [0.717, 1.165) is 14.8 Å². The van der Waals surface area contributed by atoms with Gasteiger partial charge in [0.25, 0.3) is 0 Å². The van der Waals surface area contributed by atoms with Crippen molar-refractivity contribution in [1.82, 2.24) is 10.2 Å². The van der Waals surface area contributed by atoms with Crippen molar-refractivity contribution in [1.29, 1.82) is 0 Å².